The van der Waals surface area contributed by atoms with Crippen LogP contribution in [0.2, 0.25) is 5.02 Å². The second-order valence-corrected chi connectivity index (χ2v) is 6.37. The Bertz CT molecular complexity index is 979. The number of carbonyl (C=O) groups is 1. The summed E-state index contributed by atoms with van der Waals surface area (Å²) in [6, 6.07) is 16.0. The van der Waals surface area contributed by atoms with E-state index >= 15 is 0 Å². The second kappa shape index (κ2) is 9.10. The van der Waals surface area contributed by atoms with Crippen molar-refractivity contribution in [3.8, 4) is 11.5 Å². The highest BCUT2D eigenvalue weighted by atomic mass is 35.5. The van der Waals surface area contributed by atoms with Gasteiger partial charge in [-0.25, -0.2) is 4.98 Å². The number of pyridine rings is 1. The topological polar surface area (TPSA) is 72.5 Å². The molecule has 6 nitrogen and oxygen atoms in total. The van der Waals surface area contributed by atoms with Crippen molar-refractivity contribution in [2.24, 2.45) is 0 Å². The Morgan fingerprint density at radius 3 is 2.61 bits per heavy atom. The second-order valence-electron chi connectivity index (χ2n) is 5.94. The van der Waals surface area contributed by atoms with Gasteiger partial charge in [0.2, 0.25) is 0 Å². The Kier molecular flexibility index (Phi) is 6.34. The van der Waals surface area contributed by atoms with E-state index in [9.17, 15) is 4.79 Å². The number of hydrogen-bond acceptors (Lipinski definition) is 5. The molecule has 0 aliphatic rings. The number of nitrogens with one attached hydrogen (secondary N) is 2. The highest BCUT2D eigenvalue weighted by molar-refractivity contribution is 6.30. The van der Waals surface area contributed by atoms with E-state index in [1.807, 2.05) is 18.2 Å². The molecule has 0 atom stereocenters. The normalized spacial score (nSPS) is 10.2. The summed E-state index contributed by atoms with van der Waals surface area (Å²) in [5, 5.41) is 6.59. The van der Waals surface area contributed by atoms with E-state index in [0.717, 1.165) is 5.56 Å². The van der Waals surface area contributed by atoms with E-state index < -0.39 is 0 Å². The van der Waals surface area contributed by atoms with Crippen LogP contribution in [0, 0.1) is 0 Å². The molecule has 0 saturated carbocycles. The first kappa shape index (κ1) is 19.5. The van der Waals surface area contributed by atoms with Gasteiger partial charge in [-0.05, 0) is 48.0 Å². The van der Waals surface area contributed by atoms with E-state index in [1.165, 1.54) is 0 Å². The number of amides is 1. The van der Waals surface area contributed by atoms with Gasteiger partial charge in [0.25, 0.3) is 5.91 Å². The van der Waals surface area contributed by atoms with Gasteiger partial charge >= 0.3 is 0 Å². The van der Waals surface area contributed by atoms with E-state index in [1.54, 1.807) is 56.8 Å². The lowest BCUT2D eigenvalue weighted by atomic mass is 10.2. The molecule has 3 aromatic rings. The van der Waals surface area contributed by atoms with Crippen LogP contribution in [0.5, 0.6) is 11.5 Å². The largest absolute Gasteiger partial charge is 0.493 e. The fourth-order valence-corrected chi connectivity index (χ4v) is 2.81. The summed E-state index contributed by atoms with van der Waals surface area (Å²) >= 11 is 5.95. The Morgan fingerprint density at radius 2 is 1.86 bits per heavy atom. The molecule has 1 heterocycles. The van der Waals surface area contributed by atoms with Crippen molar-refractivity contribution in [2.75, 3.05) is 24.9 Å². The molecule has 1 aromatic heterocycles. The van der Waals surface area contributed by atoms with Gasteiger partial charge < -0.3 is 20.1 Å². The molecular weight excluding hydrogens is 378 g/mol. The Hall–Kier alpha value is -3.25. The molecule has 7 heteroatoms. The average molecular weight is 398 g/mol. The van der Waals surface area contributed by atoms with Crippen molar-refractivity contribution >= 4 is 29.0 Å². The van der Waals surface area contributed by atoms with Crippen LogP contribution in [-0.4, -0.2) is 25.1 Å². The van der Waals surface area contributed by atoms with Crippen molar-refractivity contribution < 1.29 is 14.3 Å². The molecule has 0 spiro atoms. The summed E-state index contributed by atoms with van der Waals surface area (Å²) in [7, 11) is 3.19. The summed E-state index contributed by atoms with van der Waals surface area (Å²) in [6.07, 6.45) is 1.59. The number of nitrogens with zero attached hydrogens (tertiary/aromatic N) is 1. The summed E-state index contributed by atoms with van der Waals surface area (Å²) in [5.74, 6) is 1.68. The van der Waals surface area contributed by atoms with Crippen LogP contribution >= 0.6 is 11.6 Å². The molecule has 0 saturated heterocycles. The standard InChI is InChI=1S/C21H20ClN3O3/c1-27-18-7-6-14(10-19(18)28-2)13-24-20-11-15(8-9-23-20)21(26)25-17-5-3-4-16(22)12-17/h3-12H,13H2,1-2H3,(H,23,24)(H,25,26). The molecule has 2 N–H and O–H groups in total. The van der Waals surface area contributed by atoms with E-state index in [-0.39, 0.29) is 5.91 Å². The van der Waals surface area contributed by atoms with E-state index in [0.29, 0.717) is 40.1 Å². The third-order valence-electron chi connectivity index (χ3n) is 4.03. The molecule has 28 heavy (non-hydrogen) atoms. The van der Waals surface area contributed by atoms with Crippen molar-refractivity contribution in [3.05, 3.63) is 76.9 Å². The minimum Gasteiger partial charge on any atom is -0.493 e. The van der Waals surface area contributed by atoms with Crippen LogP contribution in [0.4, 0.5) is 11.5 Å². The molecule has 144 valence electrons. The summed E-state index contributed by atoms with van der Waals surface area (Å²) in [4.78, 5) is 16.7. The highest BCUT2D eigenvalue weighted by Crippen LogP contribution is 2.27. The van der Waals surface area contributed by atoms with Gasteiger partial charge in [-0.1, -0.05) is 23.7 Å². The summed E-state index contributed by atoms with van der Waals surface area (Å²) in [6.45, 7) is 0.521. The molecule has 2 aromatic carbocycles. The number of carbonyl (C=O) groups excluding carboxylic acids is 1. The number of anilines is 2. The van der Waals surface area contributed by atoms with Gasteiger partial charge in [0.05, 0.1) is 14.2 Å². The van der Waals surface area contributed by atoms with E-state index in [4.69, 9.17) is 21.1 Å². The molecule has 0 unspecified atom stereocenters. The maximum atomic E-state index is 12.5. The predicted molar refractivity (Wildman–Crippen MR) is 111 cm³/mol. The Morgan fingerprint density at radius 1 is 1.04 bits per heavy atom. The first-order valence-electron chi connectivity index (χ1n) is 8.57. The average Bonchev–Trinajstić information content (AvgIpc) is 2.72. The van der Waals surface area contributed by atoms with Crippen LogP contribution in [0.15, 0.2) is 60.8 Å². The van der Waals surface area contributed by atoms with Crippen molar-refractivity contribution in [2.45, 2.75) is 6.54 Å². The number of methoxy groups -OCH3 is 2. The fraction of sp³-hybridized carbons (Fsp3) is 0.143. The number of ether oxygens (including phenoxy) is 2. The number of rotatable bonds is 7. The fourth-order valence-electron chi connectivity index (χ4n) is 2.62. The maximum absolute atomic E-state index is 12.5. The molecule has 1 amide bonds. The van der Waals surface area contributed by atoms with Crippen molar-refractivity contribution in [1.29, 1.82) is 0 Å². The lowest BCUT2D eigenvalue weighted by Crippen LogP contribution is -2.12. The maximum Gasteiger partial charge on any atom is 0.255 e. The predicted octanol–water partition coefficient (Wildman–Crippen LogP) is 4.62. The molecule has 0 aliphatic carbocycles. The van der Waals surface area contributed by atoms with Gasteiger partial charge in [-0.3, -0.25) is 4.79 Å². The number of halogens is 1. The third-order valence-corrected chi connectivity index (χ3v) is 4.26. The zero-order chi connectivity index (χ0) is 19.9. The molecule has 0 aliphatic heterocycles. The zero-order valence-corrected chi connectivity index (χ0v) is 16.3. The van der Waals surface area contributed by atoms with Crippen LogP contribution in [0.3, 0.4) is 0 Å². The molecular formula is C21H20ClN3O3. The Balaban J connectivity index is 1.67. The molecule has 0 bridgehead atoms. The van der Waals surface area contributed by atoms with Crippen LogP contribution in [-0.2, 0) is 6.54 Å². The van der Waals surface area contributed by atoms with Crippen molar-refractivity contribution in [3.63, 3.8) is 0 Å². The molecule has 0 fully saturated rings. The van der Waals surface area contributed by atoms with Crippen LogP contribution in [0.1, 0.15) is 15.9 Å². The first-order valence-corrected chi connectivity index (χ1v) is 8.94. The number of benzene rings is 2. The Labute approximate surface area is 168 Å². The molecule has 3 rings (SSSR count). The van der Waals surface area contributed by atoms with E-state index in [2.05, 4.69) is 15.6 Å². The number of hydrogen-bond donors (Lipinski definition) is 2. The van der Waals surface area contributed by atoms with Gasteiger partial charge in [0.15, 0.2) is 11.5 Å². The lowest BCUT2D eigenvalue weighted by molar-refractivity contribution is 0.102. The minimum absolute atomic E-state index is 0.237. The van der Waals surface area contributed by atoms with Crippen LogP contribution in [0.25, 0.3) is 0 Å². The minimum atomic E-state index is -0.237. The number of aromatic nitrogens is 1. The third kappa shape index (κ3) is 4.92. The zero-order valence-electron chi connectivity index (χ0n) is 15.5. The van der Waals surface area contributed by atoms with Gasteiger partial charge in [0.1, 0.15) is 5.82 Å². The van der Waals surface area contributed by atoms with Crippen LogP contribution < -0.4 is 20.1 Å². The van der Waals surface area contributed by atoms with Gasteiger partial charge in [-0.2, -0.15) is 0 Å². The first-order chi connectivity index (χ1) is 13.6. The quantitative estimate of drug-likeness (QED) is 0.608. The highest BCUT2D eigenvalue weighted by Gasteiger charge is 2.09. The summed E-state index contributed by atoms with van der Waals surface area (Å²) < 4.78 is 10.6. The monoisotopic (exact) mass is 397 g/mol. The van der Waals surface area contributed by atoms with Gasteiger partial charge in [0, 0.05) is 29.0 Å². The van der Waals surface area contributed by atoms with Gasteiger partial charge in [-0.15, -0.1) is 0 Å². The SMILES string of the molecule is COc1ccc(CNc2cc(C(=O)Nc3cccc(Cl)c3)ccn2)cc1OC. The smallest absolute Gasteiger partial charge is 0.255 e. The lowest BCUT2D eigenvalue weighted by Gasteiger charge is -2.11. The molecule has 0 radical (unpaired) electrons. The van der Waals surface area contributed by atoms with Crippen molar-refractivity contribution in [1.82, 2.24) is 4.98 Å². The summed E-state index contributed by atoms with van der Waals surface area (Å²) in [5.41, 5.74) is 2.12.